The van der Waals surface area contributed by atoms with Crippen molar-refractivity contribution in [1.29, 1.82) is 0 Å². The minimum absolute atomic E-state index is 0.290. The molecule has 2 heterocycles. The van der Waals surface area contributed by atoms with Crippen LogP contribution in [0.4, 0.5) is 4.39 Å². The molecule has 1 unspecified atom stereocenters. The number of nitrogens with zero attached hydrogens (tertiary/aromatic N) is 1. The van der Waals surface area contributed by atoms with E-state index in [1.165, 1.54) is 18.2 Å². The Labute approximate surface area is 124 Å². The summed E-state index contributed by atoms with van der Waals surface area (Å²) >= 11 is 0. The first-order valence-electron chi connectivity index (χ1n) is 6.34. The summed E-state index contributed by atoms with van der Waals surface area (Å²) in [4.78, 5) is 23.9. The predicted molar refractivity (Wildman–Crippen MR) is 78.6 cm³/mol. The number of pyridine rings is 1. The summed E-state index contributed by atoms with van der Waals surface area (Å²) in [6, 6.07) is 4.15. The van der Waals surface area contributed by atoms with Crippen molar-refractivity contribution in [2.75, 3.05) is 5.75 Å². The zero-order valence-corrected chi connectivity index (χ0v) is 12.0. The highest BCUT2D eigenvalue weighted by Crippen LogP contribution is 2.24. The maximum Gasteiger partial charge on any atom is 0.264 e. The van der Waals surface area contributed by atoms with Crippen LogP contribution in [-0.2, 0) is 9.84 Å². The Kier molecular flexibility index (Phi) is 3.13. The van der Waals surface area contributed by atoms with Gasteiger partial charge in [-0.1, -0.05) is 0 Å². The van der Waals surface area contributed by atoms with Crippen LogP contribution in [0.15, 0.2) is 40.5 Å². The van der Waals surface area contributed by atoms with Gasteiger partial charge in [-0.3, -0.25) is 14.2 Å². The second-order valence-electron chi connectivity index (χ2n) is 5.03. The molecule has 0 spiro atoms. The van der Waals surface area contributed by atoms with Gasteiger partial charge in [0.15, 0.2) is 9.84 Å². The number of benzene rings is 1. The van der Waals surface area contributed by atoms with Crippen LogP contribution in [0, 0.1) is 5.82 Å². The molecule has 6 nitrogen and oxygen atoms in total. The Hall–Kier alpha value is -2.48. The Morgan fingerprint density at radius 2 is 2.05 bits per heavy atom. The lowest BCUT2D eigenvalue weighted by Crippen LogP contribution is -2.32. The quantitative estimate of drug-likeness (QED) is 0.880. The summed E-state index contributed by atoms with van der Waals surface area (Å²) in [5.41, 5.74) is 4.51. The number of halogens is 1. The monoisotopic (exact) mass is 322 g/mol. The van der Waals surface area contributed by atoms with Gasteiger partial charge in [0.2, 0.25) is 0 Å². The van der Waals surface area contributed by atoms with E-state index in [-0.39, 0.29) is 11.3 Å². The molecule has 22 heavy (non-hydrogen) atoms. The van der Waals surface area contributed by atoms with Crippen LogP contribution >= 0.6 is 0 Å². The zero-order chi connectivity index (χ0) is 16.1. The first-order valence-corrected chi connectivity index (χ1v) is 8.05. The van der Waals surface area contributed by atoms with Crippen LogP contribution in [-0.4, -0.2) is 24.6 Å². The van der Waals surface area contributed by atoms with Gasteiger partial charge in [-0.2, -0.15) is 0 Å². The molecule has 0 saturated carbocycles. The highest BCUT2D eigenvalue weighted by atomic mass is 32.2. The van der Waals surface area contributed by atoms with Gasteiger partial charge in [-0.25, -0.2) is 12.8 Å². The summed E-state index contributed by atoms with van der Waals surface area (Å²) < 4.78 is 37.7. The molecule has 114 valence electrons. The van der Waals surface area contributed by atoms with Crippen molar-refractivity contribution in [1.82, 2.24) is 4.57 Å². The molecule has 0 radical (unpaired) electrons. The van der Waals surface area contributed by atoms with Crippen LogP contribution in [0.5, 0.6) is 0 Å². The second-order valence-corrected chi connectivity index (χ2v) is 6.96. The van der Waals surface area contributed by atoms with Gasteiger partial charge in [0.1, 0.15) is 11.4 Å². The van der Waals surface area contributed by atoms with Crippen molar-refractivity contribution in [2.24, 2.45) is 5.73 Å². The lowest BCUT2D eigenvalue weighted by molar-refractivity contribution is 0.0998. The van der Waals surface area contributed by atoms with Crippen molar-refractivity contribution < 1.29 is 17.6 Å². The number of hydrogen-bond donors (Lipinski definition) is 1. The Balaban J connectivity index is 2.37. The van der Waals surface area contributed by atoms with Crippen LogP contribution in [0.3, 0.4) is 0 Å². The molecule has 2 N–H and O–H groups in total. The summed E-state index contributed by atoms with van der Waals surface area (Å²) in [6.07, 6.45) is 1.37. The average molecular weight is 322 g/mol. The molecule has 1 atom stereocenters. The molecule has 8 heteroatoms. The summed E-state index contributed by atoms with van der Waals surface area (Å²) in [7, 11) is -3.40. The molecule has 0 aliphatic carbocycles. The largest absolute Gasteiger partial charge is 0.365 e. The number of carbonyl (C=O) groups excluding carboxylic acids is 1. The van der Waals surface area contributed by atoms with Crippen molar-refractivity contribution >= 4 is 26.6 Å². The molecule has 2 aromatic rings. The van der Waals surface area contributed by atoms with E-state index in [0.29, 0.717) is 10.9 Å². The minimum Gasteiger partial charge on any atom is -0.365 e. The molecular weight excluding hydrogens is 311 g/mol. The van der Waals surface area contributed by atoms with Crippen molar-refractivity contribution in [2.45, 2.75) is 6.04 Å². The van der Waals surface area contributed by atoms with Gasteiger partial charge in [0.05, 0.1) is 17.3 Å². The topological polar surface area (TPSA) is 99.2 Å². The third kappa shape index (κ3) is 2.31. The third-order valence-corrected chi connectivity index (χ3v) is 4.88. The number of rotatable bonds is 2. The van der Waals surface area contributed by atoms with Crippen LogP contribution in [0.25, 0.3) is 10.9 Å². The number of sulfone groups is 1. The van der Waals surface area contributed by atoms with Gasteiger partial charge in [0.25, 0.3) is 11.5 Å². The van der Waals surface area contributed by atoms with E-state index < -0.39 is 33.2 Å². The molecular formula is C14H11FN2O4S. The number of aromatic nitrogens is 1. The van der Waals surface area contributed by atoms with Crippen molar-refractivity contribution in [3.63, 3.8) is 0 Å². The molecule has 3 rings (SSSR count). The number of carbonyl (C=O) groups is 1. The zero-order valence-electron chi connectivity index (χ0n) is 11.2. The van der Waals surface area contributed by atoms with Crippen LogP contribution < -0.4 is 11.3 Å². The molecule has 1 aromatic carbocycles. The van der Waals surface area contributed by atoms with Gasteiger partial charge < -0.3 is 5.73 Å². The fourth-order valence-electron chi connectivity index (χ4n) is 2.54. The fourth-order valence-corrected chi connectivity index (χ4v) is 3.81. The van der Waals surface area contributed by atoms with E-state index in [4.69, 9.17) is 5.73 Å². The van der Waals surface area contributed by atoms with E-state index in [1.54, 1.807) is 0 Å². The van der Waals surface area contributed by atoms with Gasteiger partial charge in [0, 0.05) is 10.8 Å². The van der Waals surface area contributed by atoms with Gasteiger partial charge in [-0.15, -0.1) is 0 Å². The molecule has 1 aliphatic heterocycles. The Morgan fingerprint density at radius 1 is 1.32 bits per heavy atom. The van der Waals surface area contributed by atoms with E-state index in [9.17, 15) is 22.4 Å². The Morgan fingerprint density at radius 3 is 2.64 bits per heavy atom. The highest BCUT2D eigenvalue weighted by molar-refractivity contribution is 7.94. The predicted octanol–water partition coefficient (Wildman–Crippen LogP) is 0.723. The average Bonchev–Trinajstić information content (AvgIpc) is 2.78. The number of amides is 1. The van der Waals surface area contributed by atoms with E-state index in [1.807, 2.05) is 0 Å². The highest BCUT2D eigenvalue weighted by Gasteiger charge is 2.26. The number of nitrogens with two attached hydrogens (primary N) is 1. The molecule has 0 saturated heterocycles. The van der Waals surface area contributed by atoms with Crippen molar-refractivity contribution in [3.05, 3.63) is 57.5 Å². The standard InChI is InChI=1S/C14H11FN2O4S/c15-9-1-2-12-8(5-9)6-11(13(16)18)14(19)17(12)10-3-4-22(20,21)7-10/h1-6,10H,7H2,(H2,16,18). The van der Waals surface area contributed by atoms with Gasteiger partial charge in [-0.05, 0) is 30.3 Å². The van der Waals surface area contributed by atoms with Gasteiger partial charge >= 0.3 is 0 Å². The van der Waals surface area contributed by atoms with Crippen molar-refractivity contribution in [3.8, 4) is 0 Å². The smallest absolute Gasteiger partial charge is 0.264 e. The van der Waals surface area contributed by atoms with Crippen LogP contribution in [0.2, 0.25) is 0 Å². The number of primary amides is 1. The third-order valence-electron chi connectivity index (χ3n) is 3.51. The maximum atomic E-state index is 13.4. The lowest BCUT2D eigenvalue weighted by atomic mass is 10.1. The number of allylic oxidation sites excluding steroid dienone is 1. The SMILES string of the molecule is NC(=O)c1cc2cc(F)ccc2n(C2C=CS(=O)(=O)C2)c1=O. The fraction of sp³-hybridized carbons (Fsp3) is 0.143. The summed E-state index contributed by atoms with van der Waals surface area (Å²) in [5.74, 6) is -1.78. The molecule has 1 aliphatic rings. The first kappa shape index (κ1) is 14.5. The normalized spacial score (nSPS) is 19.6. The van der Waals surface area contributed by atoms with E-state index in [2.05, 4.69) is 0 Å². The van der Waals surface area contributed by atoms with Crippen LogP contribution in [0.1, 0.15) is 16.4 Å². The molecule has 0 bridgehead atoms. The second kappa shape index (κ2) is 4.77. The first-order chi connectivity index (χ1) is 10.3. The Bertz CT molecular complexity index is 992. The van der Waals surface area contributed by atoms with E-state index in [0.717, 1.165) is 22.1 Å². The maximum absolute atomic E-state index is 13.4. The lowest BCUT2D eigenvalue weighted by Gasteiger charge is -2.16. The number of hydrogen-bond acceptors (Lipinski definition) is 4. The molecule has 1 aromatic heterocycles. The summed E-state index contributed by atoms with van der Waals surface area (Å²) in [5, 5.41) is 1.32. The number of fused-ring (bicyclic) bond motifs is 1. The molecule has 0 fully saturated rings. The summed E-state index contributed by atoms with van der Waals surface area (Å²) in [6.45, 7) is 0. The minimum atomic E-state index is -3.40. The van der Waals surface area contributed by atoms with E-state index >= 15 is 0 Å². The molecule has 1 amide bonds.